The number of amides is 1. The van der Waals surface area contributed by atoms with E-state index in [2.05, 4.69) is 26.1 Å². The number of carbonyl (C=O) groups excluding carboxylic acids is 1. The van der Waals surface area contributed by atoms with Gasteiger partial charge in [0.25, 0.3) is 0 Å². The highest BCUT2D eigenvalue weighted by Crippen LogP contribution is 2.37. The first kappa shape index (κ1) is 9.56. The molecule has 0 radical (unpaired) electrons. The zero-order chi connectivity index (χ0) is 9.19. The number of rotatable bonds is 2. The van der Waals surface area contributed by atoms with Gasteiger partial charge < -0.3 is 5.32 Å². The molecule has 70 valence electrons. The fourth-order valence-corrected chi connectivity index (χ4v) is 2.02. The van der Waals surface area contributed by atoms with E-state index in [1.54, 1.807) is 0 Å². The first-order valence-electron chi connectivity index (χ1n) is 4.87. The van der Waals surface area contributed by atoms with Crippen molar-refractivity contribution >= 4 is 5.91 Å². The Balaban J connectivity index is 2.63. The van der Waals surface area contributed by atoms with Crippen molar-refractivity contribution in [2.45, 2.75) is 40.0 Å². The van der Waals surface area contributed by atoms with E-state index in [1.807, 2.05) is 0 Å². The summed E-state index contributed by atoms with van der Waals surface area (Å²) in [7, 11) is 0. The molecule has 1 unspecified atom stereocenters. The third-order valence-corrected chi connectivity index (χ3v) is 3.42. The second-order valence-electron chi connectivity index (χ2n) is 4.15. The molecule has 1 rings (SSSR count). The van der Waals surface area contributed by atoms with Gasteiger partial charge in [0.15, 0.2) is 0 Å². The molecule has 0 aromatic carbocycles. The summed E-state index contributed by atoms with van der Waals surface area (Å²) in [6.45, 7) is 7.60. The van der Waals surface area contributed by atoms with E-state index in [4.69, 9.17) is 0 Å². The molecule has 1 aliphatic rings. The minimum absolute atomic E-state index is 0.222. The lowest BCUT2D eigenvalue weighted by molar-refractivity contribution is -0.125. The maximum Gasteiger partial charge on any atom is 0.220 e. The Hall–Kier alpha value is -0.530. The van der Waals surface area contributed by atoms with E-state index >= 15 is 0 Å². The van der Waals surface area contributed by atoms with Crippen molar-refractivity contribution in [1.29, 1.82) is 0 Å². The Kier molecular flexibility index (Phi) is 2.76. The average Bonchev–Trinajstić information content (AvgIpc) is 2.06. The molecule has 2 heteroatoms. The fraction of sp³-hybridized carbons (Fsp3) is 0.900. The Morgan fingerprint density at radius 1 is 1.58 bits per heavy atom. The molecule has 12 heavy (non-hydrogen) atoms. The summed E-state index contributed by atoms with van der Waals surface area (Å²) in [5.74, 6) is 0.892. The number of nitrogens with one attached hydrogen (secondary N) is 1. The molecule has 0 saturated carbocycles. The molecule has 1 saturated heterocycles. The van der Waals surface area contributed by atoms with Crippen molar-refractivity contribution in [3.05, 3.63) is 0 Å². The quantitative estimate of drug-likeness (QED) is 0.672. The molecular weight excluding hydrogens is 150 g/mol. The molecule has 0 bridgehead atoms. The molecule has 1 aliphatic heterocycles. The molecule has 0 aromatic rings. The first-order chi connectivity index (χ1) is 5.60. The molecule has 1 fully saturated rings. The lowest BCUT2D eigenvalue weighted by atomic mass is 9.70. The van der Waals surface area contributed by atoms with Gasteiger partial charge in [-0.25, -0.2) is 0 Å². The molecule has 0 aromatic heterocycles. The maximum atomic E-state index is 11.0. The van der Waals surface area contributed by atoms with Gasteiger partial charge in [-0.05, 0) is 24.2 Å². The van der Waals surface area contributed by atoms with Gasteiger partial charge in [-0.15, -0.1) is 0 Å². The van der Waals surface area contributed by atoms with E-state index in [1.165, 1.54) is 6.42 Å². The molecule has 1 amide bonds. The third-order valence-electron chi connectivity index (χ3n) is 3.42. The van der Waals surface area contributed by atoms with Crippen LogP contribution in [-0.2, 0) is 4.79 Å². The monoisotopic (exact) mass is 169 g/mol. The molecule has 1 N–H and O–H groups in total. The summed E-state index contributed by atoms with van der Waals surface area (Å²) < 4.78 is 0. The van der Waals surface area contributed by atoms with Crippen molar-refractivity contribution in [1.82, 2.24) is 5.32 Å². The smallest absolute Gasteiger partial charge is 0.220 e. The van der Waals surface area contributed by atoms with Crippen LogP contribution in [0.1, 0.15) is 40.0 Å². The normalized spacial score (nSPS) is 30.5. The van der Waals surface area contributed by atoms with Crippen molar-refractivity contribution in [3.8, 4) is 0 Å². The molecule has 1 heterocycles. The number of carbonyl (C=O) groups is 1. The minimum atomic E-state index is 0.222. The predicted molar refractivity (Wildman–Crippen MR) is 49.8 cm³/mol. The Labute approximate surface area is 74.7 Å². The Bertz CT molecular complexity index is 165. The standard InChI is InChI=1S/C10H19NO/c1-4-10(8(2)3)6-5-9(12)11-7-10/h8H,4-7H2,1-3H3,(H,11,12). The topological polar surface area (TPSA) is 29.1 Å². The van der Waals surface area contributed by atoms with Gasteiger partial charge in [-0.2, -0.15) is 0 Å². The summed E-state index contributed by atoms with van der Waals surface area (Å²) >= 11 is 0. The van der Waals surface area contributed by atoms with Gasteiger partial charge in [0.05, 0.1) is 0 Å². The molecule has 0 aliphatic carbocycles. The van der Waals surface area contributed by atoms with Crippen LogP contribution in [0.5, 0.6) is 0 Å². The van der Waals surface area contributed by atoms with Crippen molar-refractivity contribution in [2.75, 3.05) is 6.54 Å². The van der Waals surface area contributed by atoms with Crippen LogP contribution in [0.4, 0.5) is 0 Å². The van der Waals surface area contributed by atoms with Crippen LogP contribution in [0.3, 0.4) is 0 Å². The van der Waals surface area contributed by atoms with Crippen LogP contribution in [0.15, 0.2) is 0 Å². The van der Waals surface area contributed by atoms with Gasteiger partial charge in [0.2, 0.25) is 5.91 Å². The summed E-state index contributed by atoms with van der Waals surface area (Å²) in [5.41, 5.74) is 0.369. The second-order valence-corrected chi connectivity index (χ2v) is 4.15. The van der Waals surface area contributed by atoms with Gasteiger partial charge in [0.1, 0.15) is 0 Å². The largest absolute Gasteiger partial charge is 0.356 e. The van der Waals surface area contributed by atoms with Crippen LogP contribution in [-0.4, -0.2) is 12.5 Å². The number of hydrogen-bond acceptors (Lipinski definition) is 1. The molecular formula is C10H19NO. The SMILES string of the molecule is CCC1(C(C)C)CCC(=O)NC1. The minimum Gasteiger partial charge on any atom is -0.356 e. The van der Waals surface area contributed by atoms with Gasteiger partial charge in [-0.3, -0.25) is 4.79 Å². The fourth-order valence-electron chi connectivity index (χ4n) is 2.02. The van der Waals surface area contributed by atoms with E-state index < -0.39 is 0 Å². The molecule has 0 spiro atoms. The molecule has 2 nitrogen and oxygen atoms in total. The van der Waals surface area contributed by atoms with Crippen LogP contribution >= 0.6 is 0 Å². The van der Waals surface area contributed by atoms with E-state index in [0.717, 1.165) is 13.0 Å². The van der Waals surface area contributed by atoms with Crippen LogP contribution in [0.25, 0.3) is 0 Å². The highest BCUT2D eigenvalue weighted by molar-refractivity contribution is 5.76. The Morgan fingerprint density at radius 3 is 2.58 bits per heavy atom. The molecule has 1 atom stereocenters. The highest BCUT2D eigenvalue weighted by atomic mass is 16.1. The Morgan fingerprint density at radius 2 is 2.25 bits per heavy atom. The average molecular weight is 169 g/mol. The van der Waals surface area contributed by atoms with E-state index in [-0.39, 0.29) is 5.91 Å². The lowest BCUT2D eigenvalue weighted by Gasteiger charge is -2.40. The zero-order valence-electron chi connectivity index (χ0n) is 8.31. The van der Waals surface area contributed by atoms with Crippen LogP contribution in [0.2, 0.25) is 0 Å². The van der Waals surface area contributed by atoms with Crippen molar-refractivity contribution < 1.29 is 4.79 Å². The second kappa shape index (κ2) is 3.46. The van der Waals surface area contributed by atoms with Crippen molar-refractivity contribution in [3.63, 3.8) is 0 Å². The van der Waals surface area contributed by atoms with Crippen LogP contribution in [0, 0.1) is 11.3 Å². The van der Waals surface area contributed by atoms with Gasteiger partial charge in [-0.1, -0.05) is 20.8 Å². The van der Waals surface area contributed by atoms with Crippen LogP contribution < -0.4 is 5.32 Å². The van der Waals surface area contributed by atoms with E-state index in [9.17, 15) is 4.79 Å². The van der Waals surface area contributed by atoms with Gasteiger partial charge >= 0.3 is 0 Å². The predicted octanol–water partition coefficient (Wildman–Crippen LogP) is 1.95. The zero-order valence-corrected chi connectivity index (χ0v) is 8.31. The first-order valence-corrected chi connectivity index (χ1v) is 4.87. The number of hydrogen-bond donors (Lipinski definition) is 1. The third kappa shape index (κ3) is 1.62. The lowest BCUT2D eigenvalue weighted by Crippen LogP contribution is -2.45. The summed E-state index contributed by atoms with van der Waals surface area (Å²) in [6, 6.07) is 0. The summed E-state index contributed by atoms with van der Waals surface area (Å²) in [6.07, 6.45) is 2.95. The maximum absolute atomic E-state index is 11.0. The van der Waals surface area contributed by atoms with Crippen molar-refractivity contribution in [2.24, 2.45) is 11.3 Å². The van der Waals surface area contributed by atoms with Gasteiger partial charge in [0, 0.05) is 13.0 Å². The van der Waals surface area contributed by atoms with E-state index in [0.29, 0.717) is 17.8 Å². The summed E-state index contributed by atoms with van der Waals surface area (Å²) in [4.78, 5) is 11.0. The number of piperidine rings is 1. The highest BCUT2D eigenvalue weighted by Gasteiger charge is 2.35. The summed E-state index contributed by atoms with van der Waals surface area (Å²) in [5, 5.41) is 2.97.